The van der Waals surface area contributed by atoms with Crippen LogP contribution in [0.4, 0.5) is 0 Å². The van der Waals surface area contributed by atoms with Crippen molar-refractivity contribution in [1.29, 1.82) is 0 Å². The van der Waals surface area contributed by atoms with Crippen molar-refractivity contribution < 1.29 is 0 Å². The molecule has 0 atom stereocenters. The summed E-state index contributed by atoms with van der Waals surface area (Å²) in [5.74, 6) is 1.27. The number of nitrogens with zero attached hydrogens (tertiary/aromatic N) is 3. The third-order valence-corrected chi connectivity index (χ3v) is 8.56. The van der Waals surface area contributed by atoms with Crippen LogP contribution in [0.2, 0.25) is 5.02 Å². The van der Waals surface area contributed by atoms with Gasteiger partial charge in [0.05, 0.1) is 11.4 Å². The summed E-state index contributed by atoms with van der Waals surface area (Å²) >= 11 is 6.14. The van der Waals surface area contributed by atoms with Crippen LogP contribution in [0.1, 0.15) is 61.6 Å². The largest absolute Gasteiger partial charge is 0.300 e. The lowest BCUT2D eigenvalue weighted by Gasteiger charge is -2.41. The van der Waals surface area contributed by atoms with Crippen molar-refractivity contribution >= 4 is 11.6 Å². The normalized spacial score (nSPS) is 21.5. The molecule has 0 N–H and O–H groups in total. The second kappa shape index (κ2) is 10.6. The van der Waals surface area contributed by atoms with Crippen molar-refractivity contribution in [3.05, 3.63) is 107 Å². The molecule has 1 aliphatic heterocycles. The van der Waals surface area contributed by atoms with Gasteiger partial charge in [0.2, 0.25) is 0 Å². The average Bonchev–Trinajstić information content (AvgIpc) is 3.40. The number of para-hydroxylation sites is 1. The molecule has 4 heteroatoms. The van der Waals surface area contributed by atoms with Gasteiger partial charge in [0, 0.05) is 28.2 Å². The van der Waals surface area contributed by atoms with Crippen molar-refractivity contribution in [3.63, 3.8) is 0 Å². The van der Waals surface area contributed by atoms with Crippen LogP contribution in [0, 0.1) is 0 Å². The minimum absolute atomic E-state index is 0.524. The molecule has 1 aliphatic carbocycles. The molecule has 184 valence electrons. The van der Waals surface area contributed by atoms with Crippen LogP contribution in [0.25, 0.3) is 16.9 Å². The molecule has 2 aliphatic rings. The number of hydrogen-bond acceptors (Lipinski definition) is 2. The zero-order chi connectivity index (χ0) is 24.3. The van der Waals surface area contributed by atoms with E-state index in [9.17, 15) is 0 Å². The van der Waals surface area contributed by atoms with Gasteiger partial charge in [-0.15, -0.1) is 0 Å². The van der Waals surface area contributed by atoms with Gasteiger partial charge in [0.15, 0.2) is 0 Å². The van der Waals surface area contributed by atoms with Gasteiger partial charge in [-0.05, 0) is 93.4 Å². The molecular formula is C32H34ClN3. The summed E-state index contributed by atoms with van der Waals surface area (Å²) in [5, 5.41) is 5.82. The summed E-state index contributed by atoms with van der Waals surface area (Å²) in [6.45, 7) is 2.36. The second-order valence-corrected chi connectivity index (χ2v) is 10.9. The highest BCUT2D eigenvalue weighted by atomic mass is 35.5. The van der Waals surface area contributed by atoms with Crippen LogP contribution in [0.15, 0.2) is 91.0 Å². The van der Waals surface area contributed by atoms with Crippen molar-refractivity contribution in [2.24, 2.45) is 0 Å². The maximum atomic E-state index is 6.14. The summed E-state index contributed by atoms with van der Waals surface area (Å²) < 4.78 is 2.18. The van der Waals surface area contributed by atoms with Crippen LogP contribution in [-0.4, -0.2) is 33.8 Å². The fraction of sp³-hybridized carbons (Fsp3) is 0.344. The van der Waals surface area contributed by atoms with E-state index in [1.54, 1.807) is 0 Å². The second-order valence-electron chi connectivity index (χ2n) is 10.4. The first kappa shape index (κ1) is 23.5. The van der Waals surface area contributed by atoms with Crippen molar-refractivity contribution in [3.8, 4) is 16.9 Å². The summed E-state index contributed by atoms with van der Waals surface area (Å²) in [6, 6.07) is 32.8. The number of piperidine rings is 1. The maximum Gasteiger partial charge on any atom is 0.0930 e. The monoisotopic (exact) mass is 495 g/mol. The lowest BCUT2D eigenvalue weighted by molar-refractivity contribution is 0.116. The Morgan fingerprint density at radius 1 is 0.667 bits per heavy atom. The topological polar surface area (TPSA) is 21.1 Å². The molecule has 4 aromatic rings. The van der Waals surface area contributed by atoms with Crippen molar-refractivity contribution in [1.82, 2.24) is 14.7 Å². The smallest absolute Gasteiger partial charge is 0.0930 e. The Bertz CT molecular complexity index is 1250. The zero-order valence-electron chi connectivity index (χ0n) is 20.8. The van der Waals surface area contributed by atoms with Crippen molar-refractivity contribution in [2.75, 3.05) is 13.1 Å². The molecule has 6 rings (SSSR count). The Labute approximate surface area is 219 Å². The highest BCUT2D eigenvalue weighted by molar-refractivity contribution is 6.30. The first-order chi connectivity index (χ1) is 17.7. The third-order valence-electron chi connectivity index (χ3n) is 8.31. The number of aromatic nitrogens is 2. The molecule has 0 spiro atoms. The summed E-state index contributed by atoms with van der Waals surface area (Å²) in [6.07, 6.45) is 7.67. The molecule has 2 heterocycles. The summed E-state index contributed by atoms with van der Waals surface area (Å²) in [7, 11) is 0. The lowest BCUT2D eigenvalue weighted by Crippen LogP contribution is -2.42. The molecular weight excluding hydrogens is 462 g/mol. The van der Waals surface area contributed by atoms with Gasteiger partial charge < -0.3 is 4.90 Å². The summed E-state index contributed by atoms with van der Waals surface area (Å²) in [4.78, 5) is 2.78. The zero-order valence-corrected chi connectivity index (χ0v) is 21.5. The SMILES string of the molecule is Clc1ccc(-c2cc(C3CCN(C4CCC(c5ccccc5)CC4)CC3)n(-c3ccccc3)n2)cc1. The van der Waals surface area contributed by atoms with Gasteiger partial charge >= 0.3 is 0 Å². The van der Waals surface area contributed by atoms with Crippen LogP contribution in [0.5, 0.6) is 0 Å². The Morgan fingerprint density at radius 3 is 1.97 bits per heavy atom. The van der Waals surface area contributed by atoms with Crippen molar-refractivity contribution in [2.45, 2.75) is 56.4 Å². The lowest BCUT2D eigenvalue weighted by atomic mass is 9.80. The molecule has 0 unspecified atom stereocenters. The van der Waals surface area contributed by atoms with E-state index in [0.29, 0.717) is 5.92 Å². The molecule has 0 radical (unpaired) electrons. The summed E-state index contributed by atoms with van der Waals surface area (Å²) in [5.41, 5.74) is 6.13. The van der Waals surface area contributed by atoms with Gasteiger partial charge in [-0.2, -0.15) is 5.10 Å². The average molecular weight is 496 g/mol. The number of likely N-dealkylation sites (tertiary alicyclic amines) is 1. The molecule has 36 heavy (non-hydrogen) atoms. The van der Waals surface area contributed by atoms with Gasteiger partial charge in [0.25, 0.3) is 0 Å². The van der Waals surface area contributed by atoms with E-state index in [0.717, 1.165) is 33.9 Å². The van der Waals surface area contributed by atoms with Gasteiger partial charge in [-0.25, -0.2) is 4.68 Å². The Balaban J connectivity index is 1.15. The Hall–Kier alpha value is -2.88. The first-order valence-electron chi connectivity index (χ1n) is 13.4. The van der Waals surface area contributed by atoms with E-state index in [1.807, 2.05) is 12.1 Å². The van der Waals surface area contributed by atoms with Crippen LogP contribution in [0.3, 0.4) is 0 Å². The van der Waals surface area contributed by atoms with E-state index in [1.165, 1.54) is 62.9 Å². The number of rotatable bonds is 5. The highest BCUT2D eigenvalue weighted by Crippen LogP contribution is 2.38. The molecule has 0 bridgehead atoms. The molecule has 0 amide bonds. The molecule has 3 aromatic carbocycles. The number of benzene rings is 3. The standard InChI is InChI=1S/C32H34ClN3/c33-28-15-11-26(12-16-28)31-23-32(36(34-31)30-9-5-2-6-10-30)27-19-21-35(22-20-27)29-17-13-25(14-18-29)24-7-3-1-4-8-24/h1-12,15-16,23,25,27,29H,13-14,17-22H2. The van der Waals surface area contributed by atoms with E-state index in [-0.39, 0.29) is 0 Å². The van der Waals surface area contributed by atoms with Crippen LogP contribution in [-0.2, 0) is 0 Å². The molecule has 1 saturated carbocycles. The minimum atomic E-state index is 0.524. The van der Waals surface area contributed by atoms with E-state index < -0.39 is 0 Å². The predicted molar refractivity (Wildman–Crippen MR) is 149 cm³/mol. The quantitative estimate of drug-likeness (QED) is 0.279. The first-order valence-corrected chi connectivity index (χ1v) is 13.8. The minimum Gasteiger partial charge on any atom is -0.300 e. The Kier molecular flexibility index (Phi) is 6.94. The third kappa shape index (κ3) is 5.00. The van der Waals surface area contributed by atoms with Gasteiger partial charge in [-0.1, -0.05) is 72.3 Å². The van der Waals surface area contributed by atoms with E-state index in [2.05, 4.69) is 88.4 Å². The van der Waals surface area contributed by atoms with Crippen LogP contribution < -0.4 is 0 Å². The number of hydrogen-bond donors (Lipinski definition) is 0. The molecule has 1 aromatic heterocycles. The van der Waals surface area contributed by atoms with Gasteiger partial charge in [-0.3, -0.25) is 0 Å². The fourth-order valence-corrected chi connectivity index (χ4v) is 6.41. The molecule has 1 saturated heterocycles. The highest BCUT2D eigenvalue weighted by Gasteiger charge is 2.31. The Morgan fingerprint density at radius 2 is 1.31 bits per heavy atom. The van der Waals surface area contributed by atoms with E-state index in [4.69, 9.17) is 16.7 Å². The molecule has 2 fully saturated rings. The van der Waals surface area contributed by atoms with Crippen LogP contribution >= 0.6 is 11.6 Å². The predicted octanol–water partition coefficient (Wildman–Crippen LogP) is 8.10. The molecule has 3 nitrogen and oxygen atoms in total. The van der Waals surface area contributed by atoms with Gasteiger partial charge in [0.1, 0.15) is 0 Å². The van der Waals surface area contributed by atoms with E-state index >= 15 is 0 Å². The fourth-order valence-electron chi connectivity index (χ4n) is 6.28. The maximum absolute atomic E-state index is 6.14. The number of halogens is 1.